The van der Waals surface area contributed by atoms with Crippen molar-refractivity contribution in [2.24, 2.45) is 13.0 Å². The van der Waals surface area contributed by atoms with E-state index in [1.807, 2.05) is 0 Å². The van der Waals surface area contributed by atoms with Gasteiger partial charge in [0.15, 0.2) is 0 Å². The Balaban J connectivity index is 1.60. The molecule has 0 saturated carbocycles. The maximum Gasteiger partial charge on any atom is 0.339 e. The number of hydrogen-bond donors (Lipinski definition) is 0. The van der Waals surface area contributed by atoms with Gasteiger partial charge in [0, 0.05) is 26.7 Å². The van der Waals surface area contributed by atoms with Crippen molar-refractivity contribution in [3.05, 3.63) is 53.3 Å². The van der Waals surface area contributed by atoms with Gasteiger partial charge >= 0.3 is 5.97 Å². The summed E-state index contributed by atoms with van der Waals surface area (Å²) in [6, 6.07) is 7.36. The molecule has 138 valence electrons. The van der Waals surface area contributed by atoms with Crippen LogP contribution in [-0.2, 0) is 21.5 Å². The quantitative estimate of drug-likeness (QED) is 0.739. The van der Waals surface area contributed by atoms with Crippen LogP contribution in [0, 0.1) is 5.92 Å². The third kappa shape index (κ3) is 2.50. The highest BCUT2D eigenvalue weighted by Gasteiger charge is 2.47. The highest BCUT2D eigenvalue weighted by molar-refractivity contribution is 6.20. The maximum atomic E-state index is 12.8. The van der Waals surface area contributed by atoms with Crippen LogP contribution >= 0.6 is 0 Å². The summed E-state index contributed by atoms with van der Waals surface area (Å²) >= 11 is 0. The maximum absolute atomic E-state index is 12.8. The molecular formula is C18H16N4O5. The van der Waals surface area contributed by atoms with Crippen molar-refractivity contribution in [2.45, 2.75) is 12.5 Å². The van der Waals surface area contributed by atoms with Crippen LogP contribution in [0.2, 0.25) is 0 Å². The predicted molar refractivity (Wildman–Crippen MR) is 89.9 cm³/mol. The number of nitrogens with zero attached hydrogens (tertiary/aromatic N) is 4. The highest BCUT2D eigenvalue weighted by Crippen LogP contribution is 2.38. The minimum atomic E-state index is -0.859. The van der Waals surface area contributed by atoms with Crippen molar-refractivity contribution < 1.29 is 24.0 Å². The van der Waals surface area contributed by atoms with Crippen molar-refractivity contribution >= 4 is 23.7 Å². The zero-order valence-corrected chi connectivity index (χ0v) is 14.7. The van der Waals surface area contributed by atoms with Crippen LogP contribution in [0.4, 0.5) is 0 Å². The Hall–Kier alpha value is -3.49. The molecule has 2 aromatic rings. The van der Waals surface area contributed by atoms with Crippen molar-refractivity contribution in [3.63, 3.8) is 0 Å². The molecule has 2 unspecified atom stereocenters. The van der Waals surface area contributed by atoms with Crippen LogP contribution in [0.3, 0.4) is 0 Å². The number of aryl methyl sites for hydroxylation is 1. The summed E-state index contributed by atoms with van der Waals surface area (Å²) in [5.74, 6) is -3.29. The molecule has 0 radical (unpaired) electrons. The van der Waals surface area contributed by atoms with Crippen LogP contribution in [0.15, 0.2) is 36.5 Å². The number of fused-ring (bicyclic) bond motifs is 1. The van der Waals surface area contributed by atoms with Crippen LogP contribution in [-0.4, -0.2) is 50.5 Å². The van der Waals surface area contributed by atoms with Gasteiger partial charge in [-0.25, -0.2) is 4.79 Å². The zero-order valence-electron chi connectivity index (χ0n) is 14.7. The Morgan fingerprint density at radius 3 is 2.26 bits per heavy atom. The van der Waals surface area contributed by atoms with Crippen molar-refractivity contribution in [3.8, 4) is 0 Å². The van der Waals surface area contributed by atoms with Gasteiger partial charge in [-0.1, -0.05) is 17.2 Å². The van der Waals surface area contributed by atoms with E-state index in [4.69, 9.17) is 4.84 Å². The van der Waals surface area contributed by atoms with Gasteiger partial charge in [-0.05, 0) is 18.2 Å². The summed E-state index contributed by atoms with van der Waals surface area (Å²) in [6.07, 6.45) is 1.49. The van der Waals surface area contributed by atoms with E-state index in [9.17, 15) is 19.2 Å². The van der Waals surface area contributed by atoms with Gasteiger partial charge in [0.05, 0.1) is 28.8 Å². The van der Waals surface area contributed by atoms with Crippen molar-refractivity contribution in [1.82, 2.24) is 19.7 Å². The van der Waals surface area contributed by atoms with Gasteiger partial charge in [0.25, 0.3) is 11.8 Å². The third-order valence-electron chi connectivity index (χ3n) is 4.99. The van der Waals surface area contributed by atoms with Gasteiger partial charge in [0.2, 0.25) is 5.91 Å². The predicted octanol–water partition coefficient (Wildman–Crippen LogP) is 0.694. The van der Waals surface area contributed by atoms with Crippen LogP contribution in [0.1, 0.15) is 38.9 Å². The van der Waals surface area contributed by atoms with E-state index in [1.165, 1.54) is 17.0 Å². The molecule has 0 N–H and O–H groups in total. The van der Waals surface area contributed by atoms with Crippen molar-refractivity contribution in [2.75, 3.05) is 7.05 Å². The van der Waals surface area contributed by atoms with E-state index >= 15 is 0 Å². The number of aromatic nitrogens is 2. The number of rotatable bonds is 3. The lowest BCUT2D eigenvalue weighted by Crippen LogP contribution is -2.37. The molecule has 1 fully saturated rings. The van der Waals surface area contributed by atoms with E-state index < -0.39 is 29.7 Å². The number of likely N-dealkylation sites (tertiary alicyclic amines) is 1. The average molecular weight is 368 g/mol. The molecule has 2 atom stereocenters. The number of benzene rings is 1. The minimum absolute atomic E-state index is 0.0751. The highest BCUT2D eigenvalue weighted by atomic mass is 16.7. The van der Waals surface area contributed by atoms with Gasteiger partial charge in [-0.3, -0.25) is 19.1 Å². The summed E-state index contributed by atoms with van der Waals surface area (Å²) in [7, 11) is 3.30. The topological polar surface area (TPSA) is 102 Å². The number of imide groups is 1. The molecule has 3 heterocycles. The SMILES string of the molecule is CN1C(=O)CC(C(=O)ON2C(=O)c3ccccc3C2=O)C1c1ccnn1C. The molecule has 3 amide bonds. The second kappa shape index (κ2) is 6.04. The minimum Gasteiger partial charge on any atom is -0.336 e. The first-order valence-electron chi connectivity index (χ1n) is 8.33. The monoisotopic (exact) mass is 368 g/mol. The van der Waals surface area contributed by atoms with Gasteiger partial charge < -0.3 is 9.74 Å². The summed E-state index contributed by atoms with van der Waals surface area (Å²) in [5, 5.41) is 4.55. The number of carbonyl (C=O) groups is 4. The van der Waals surface area contributed by atoms with Crippen LogP contribution in [0.25, 0.3) is 0 Å². The lowest BCUT2D eigenvalue weighted by molar-refractivity contribution is -0.174. The standard InChI is InChI=1S/C18H16N4O5/c1-20-14(23)9-12(15(20)13-7-8-19-21(13)2)18(26)27-22-16(24)10-5-3-4-6-11(10)17(22)25/h3-8,12,15H,9H2,1-2H3. The molecule has 1 aromatic carbocycles. The second-order valence-corrected chi connectivity index (χ2v) is 6.50. The Labute approximate surface area is 154 Å². The molecule has 0 bridgehead atoms. The van der Waals surface area contributed by atoms with Gasteiger partial charge in [0.1, 0.15) is 0 Å². The fraction of sp³-hybridized carbons (Fsp3) is 0.278. The molecular weight excluding hydrogens is 352 g/mol. The molecule has 4 rings (SSSR count). The number of amides is 3. The van der Waals surface area contributed by atoms with E-state index in [0.717, 1.165) is 0 Å². The summed E-state index contributed by atoms with van der Waals surface area (Å²) in [4.78, 5) is 56.3. The second-order valence-electron chi connectivity index (χ2n) is 6.50. The summed E-state index contributed by atoms with van der Waals surface area (Å²) in [6.45, 7) is 0. The number of hydrogen-bond acceptors (Lipinski definition) is 6. The number of hydroxylamine groups is 2. The molecule has 9 heteroatoms. The molecule has 1 saturated heterocycles. The lowest BCUT2D eigenvalue weighted by atomic mass is 9.98. The molecule has 0 spiro atoms. The first-order chi connectivity index (χ1) is 12.9. The number of carbonyl (C=O) groups excluding carboxylic acids is 4. The summed E-state index contributed by atoms with van der Waals surface area (Å²) in [5.41, 5.74) is 1.02. The van der Waals surface area contributed by atoms with E-state index in [-0.39, 0.29) is 23.5 Å². The smallest absolute Gasteiger partial charge is 0.336 e. The van der Waals surface area contributed by atoms with Crippen LogP contribution in [0.5, 0.6) is 0 Å². The third-order valence-corrected chi connectivity index (χ3v) is 4.99. The van der Waals surface area contributed by atoms with E-state index in [1.54, 1.807) is 43.2 Å². The molecule has 1 aromatic heterocycles. The van der Waals surface area contributed by atoms with Crippen molar-refractivity contribution in [1.29, 1.82) is 0 Å². The Morgan fingerprint density at radius 1 is 1.07 bits per heavy atom. The Kier molecular flexibility index (Phi) is 3.79. The molecule has 0 aliphatic carbocycles. The largest absolute Gasteiger partial charge is 0.339 e. The van der Waals surface area contributed by atoms with Gasteiger partial charge in [-0.2, -0.15) is 5.10 Å². The molecule has 2 aliphatic rings. The van der Waals surface area contributed by atoms with Crippen LogP contribution < -0.4 is 0 Å². The Bertz CT molecular complexity index is 947. The first kappa shape index (κ1) is 17.0. The fourth-order valence-corrected chi connectivity index (χ4v) is 3.57. The van der Waals surface area contributed by atoms with Gasteiger partial charge in [-0.15, -0.1) is 0 Å². The first-order valence-corrected chi connectivity index (χ1v) is 8.33. The summed E-state index contributed by atoms with van der Waals surface area (Å²) < 4.78 is 1.57. The van der Waals surface area contributed by atoms with E-state index in [0.29, 0.717) is 10.8 Å². The molecule has 27 heavy (non-hydrogen) atoms. The normalized spacial score (nSPS) is 21.8. The Morgan fingerprint density at radius 2 is 1.70 bits per heavy atom. The zero-order chi connectivity index (χ0) is 19.3. The fourth-order valence-electron chi connectivity index (χ4n) is 3.57. The molecule has 2 aliphatic heterocycles. The lowest BCUT2D eigenvalue weighted by Gasteiger charge is -2.24. The molecule has 9 nitrogen and oxygen atoms in total. The average Bonchev–Trinajstić information content (AvgIpc) is 3.27. The van der Waals surface area contributed by atoms with E-state index in [2.05, 4.69) is 5.10 Å².